The number of hydrogen-bond donors (Lipinski definition) is 0. The van der Waals surface area contributed by atoms with E-state index in [2.05, 4.69) is 31.2 Å². The summed E-state index contributed by atoms with van der Waals surface area (Å²) in [6.45, 7) is 6.21. The lowest BCUT2D eigenvalue weighted by Gasteiger charge is -2.22. The van der Waals surface area contributed by atoms with Crippen LogP contribution in [0.5, 0.6) is 0 Å². The van der Waals surface area contributed by atoms with Gasteiger partial charge in [-0.05, 0) is 84.0 Å². The Balaban J connectivity index is 2.02. The summed E-state index contributed by atoms with van der Waals surface area (Å²) >= 11 is 0. The monoisotopic (exact) mass is 422 g/mol. The van der Waals surface area contributed by atoms with Gasteiger partial charge in [0.1, 0.15) is 0 Å². The number of carbonyl (C=O) groups is 1. The summed E-state index contributed by atoms with van der Waals surface area (Å²) in [7, 11) is -0.0458. The molecule has 2 nitrogen and oxygen atoms in total. The Bertz CT molecular complexity index is 1190. The Morgan fingerprint density at radius 2 is 1.06 bits per heavy atom. The first-order valence-electron chi connectivity index (χ1n) is 10.3. The maximum atomic E-state index is 13.7. The largest absolute Gasteiger partial charge is 0.289 e. The minimum Gasteiger partial charge on any atom is -0.289 e. The van der Waals surface area contributed by atoms with E-state index in [0.29, 0.717) is 10.9 Å². The molecule has 152 valence electrons. The second-order valence-corrected chi connectivity index (χ2v) is 8.40. The average molecular weight is 422 g/mol. The van der Waals surface area contributed by atoms with Crippen LogP contribution in [-0.4, -0.2) is 5.78 Å². The third-order valence-corrected chi connectivity index (χ3v) is 6.35. The molecule has 0 radical (unpaired) electrons. The summed E-state index contributed by atoms with van der Waals surface area (Å²) in [6.07, 6.45) is 0. The molecule has 0 aliphatic carbocycles. The number of hydrogen-bond acceptors (Lipinski definition) is 2. The molecule has 0 spiro atoms. The van der Waals surface area contributed by atoms with Gasteiger partial charge in [-0.15, -0.1) is 0 Å². The first-order valence-corrected chi connectivity index (χ1v) is 11.1. The number of carbonyl (C=O) groups excluding carboxylic acids is 1. The molecule has 3 heteroatoms. The van der Waals surface area contributed by atoms with Crippen LogP contribution in [0.2, 0.25) is 0 Å². The fourth-order valence-electron chi connectivity index (χ4n) is 4.45. The van der Waals surface area contributed by atoms with Crippen molar-refractivity contribution in [3.8, 4) is 22.3 Å². The van der Waals surface area contributed by atoms with Gasteiger partial charge in [0.2, 0.25) is 0 Å². The fourth-order valence-corrected chi connectivity index (χ4v) is 4.72. The van der Waals surface area contributed by atoms with E-state index in [-0.39, 0.29) is 14.2 Å². The van der Waals surface area contributed by atoms with E-state index in [4.69, 9.17) is 0 Å². The van der Waals surface area contributed by atoms with Crippen molar-refractivity contribution in [3.63, 3.8) is 0 Å². The van der Waals surface area contributed by atoms with Crippen LogP contribution in [0.1, 0.15) is 32.6 Å². The van der Waals surface area contributed by atoms with E-state index in [1.54, 1.807) is 24.3 Å². The van der Waals surface area contributed by atoms with Gasteiger partial charge in [-0.2, -0.15) is 0 Å². The lowest BCUT2D eigenvalue weighted by molar-refractivity contribution is 0.103. The Kier molecular flexibility index (Phi) is 5.93. The molecule has 0 bridgehead atoms. The Morgan fingerprint density at radius 3 is 1.48 bits per heavy atom. The first-order chi connectivity index (χ1) is 15.0. The molecule has 4 rings (SSSR count). The van der Waals surface area contributed by atoms with Crippen molar-refractivity contribution >= 4 is 19.5 Å². The summed E-state index contributed by atoms with van der Waals surface area (Å²) in [6, 6.07) is 27.5. The maximum Gasteiger partial charge on any atom is 0.193 e. The average Bonchev–Trinajstić information content (AvgIpc) is 2.80. The van der Waals surface area contributed by atoms with Crippen LogP contribution >= 0.6 is 8.46 Å². The molecular weight excluding hydrogens is 399 g/mol. The van der Waals surface area contributed by atoms with E-state index in [0.717, 1.165) is 38.9 Å². The molecule has 0 heterocycles. The minimum absolute atomic E-state index is 0.0153. The fraction of sp³-hybridized carbons (Fsp3) is 0.107. The zero-order valence-corrected chi connectivity index (χ0v) is 18.7. The van der Waals surface area contributed by atoms with Crippen LogP contribution in [0, 0.1) is 20.8 Å². The molecule has 0 fully saturated rings. The summed E-state index contributed by atoms with van der Waals surface area (Å²) in [5.41, 5.74) is 8.87. The van der Waals surface area contributed by atoms with Gasteiger partial charge in [0.05, 0.1) is 0 Å². The van der Waals surface area contributed by atoms with Crippen molar-refractivity contribution in [1.29, 1.82) is 0 Å². The molecule has 0 saturated carbocycles. The van der Waals surface area contributed by atoms with E-state index in [1.807, 2.05) is 50.2 Å². The topological polar surface area (TPSA) is 34.1 Å². The van der Waals surface area contributed by atoms with Crippen LogP contribution in [0.15, 0.2) is 84.9 Å². The predicted octanol–water partition coefficient (Wildman–Crippen LogP) is 7.09. The van der Waals surface area contributed by atoms with Crippen LogP contribution < -0.4 is 5.30 Å². The zero-order valence-electron chi connectivity index (χ0n) is 17.8. The van der Waals surface area contributed by atoms with Crippen LogP contribution in [0.25, 0.3) is 22.3 Å². The Morgan fingerprint density at radius 1 is 0.613 bits per heavy atom. The Labute approximate surface area is 184 Å². The van der Waals surface area contributed by atoms with Crippen molar-refractivity contribution in [3.05, 3.63) is 113 Å². The second-order valence-electron chi connectivity index (χ2n) is 7.70. The van der Waals surface area contributed by atoms with Gasteiger partial charge in [-0.1, -0.05) is 60.7 Å². The predicted molar refractivity (Wildman–Crippen MR) is 129 cm³/mol. The van der Waals surface area contributed by atoms with E-state index < -0.39 is 0 Å². The molecule has 31 heavy (non-hydrogen) atoms. The lowest BCUT2D eigenvalue weighted by Crippen LogP contribution is -2.11. The zero-order chi connectivity index (χ0) is 22.0. The van der Waals surface area contributed by atoms with Gasteiger partial charge in [-0.3, -0.25) is 9.36 Å². The maximum absolute atomic E-state index is 13.7. The molecule has 0 aromatic heterocycles. The molecular formula is C28H23O2P. The van der Waals surface area contributed by atoms with Crippen LogP contribution in [-0.2, 0) is 4.57 Å². The minimum atomic E-state index is -0.0458. The SMILES string of the molecule is Cc1c(C(=O)c2ccc(P=O)cc2)c(C)c(-c2ccccc2)c(C)c1-c1ccccc1. The summed E-state index contributed by atoms with van der Waals surface area (Å²) in [4.78, 5) is 13.7. The van der Waals surface area contributed by atoms with Crippen LogP contribution in [0.3, 0.4) is 0 Å². The van der Waals surface area contributed by atoms with Gasteiger partial charge in [0.15, 0.2) is 14.2 Å². The van der Waals surface area contributed by atoms with E-state index in [9.17, 15) is 9.36 Å². The summed E-state index contributed by atoms with van der Waals surface area (Å²) < 4.78 is 11.1. The molecule has 4 aromatic carbocycles. The third kappa shape index (κ3) is 3.87. The lowest BCUT2D eigenvalue weighted by atomic mass is 9.81. The normalized spacial score (nSPS) is 10.9. The van der Waals surface area contributed by atoms with Gasteiger partial charge in [-0.25, -0.2) is 0 Å². The van der Waals surface area contributed by atoms with Crippen molar-refractivity contribution in [2.45, 2.75) is 20.8 Å². The first kappa shape index (κ1) is 20.9. The van der Waals surface area contributed by atoms with Gasteiger partial charge in [0.25, 0.3) is 0 Å². The van der Waals surface area contributed by atoms with E-state index >= 15 is 0 Å². The molecule has 0 atom stereocenters. The smallest absolute Gasteiger partial charge is 0.193 e. The van der Waals surface area contributed by atoms with Crippen molar-refractivity contribution in [2.75, 3.05) is 0 Å². The molecule has 0 N–H and O–H groups in total. The highest BCUT2D eigenvalue weighted by Gasteiger charge is 2.24. The quantitative estimate of drug-likeness (QED) is 0.254. The third-order valence-electron chi connectivity index (χ3n) is 5.84. The molecule has 0 unspecified atom stereocenters. The summed E-state index contributed by atoms with van der Waals surface area (Å²) in [5.74, 6) is -0.0153. The highest BCUT2D eigenvalue weighted by Crippen LogP contribution is 2.40. The number of benzene rings is 4. The van der Waals surface area contributed by atoms with E-state index in [1.165, 1.54) is 5.56 Å². The van der Waals surface area contributed by atoms with Gasteiger partial charge < -0.3 is 0 Å². The molecule has 4 aromatic rings. The highest BCUT2D eigenvalue weighted by atomic mass is 31.1. The molecule has 0 saturated heterocycles. The number of rotatable bonds is 5. The van der Waals surface area contributed by atoms with Crippen molar-refractivity contribution in [1.82, 2.24) is 0 Å². The van der Waals surface area contributed by atoms with Gasteiger partial charge in [0, 0.05) is 16.4 Å². The van der Waals surface area contributed by atoms with Crippen LogP contribution in [0.4, 0.5) is 0 Å². The Hall–Kier alpha value is -3.35. The standard InChI is InChI=1S/C28H23O2P/c1-18-25(21-10-6-4-7-11-21)19(2)27(20(3)26(18)22-12-8-5-9-13-22)28(29)23-14-16-24(31-30)17-15-23/h4-17H,1-3H3. The van der Waals surface area contributed by atoms with Gasteiger partial charge >= 0.3 is 0 Å². The molecule has 0 aliphatic heterocycles. The number of ketones is 1. The molecule has 0 amide bonds. The summed E-state index contributed by atoms with van der Waals surface area (Å²) in [5, 5.41) is 0.656. The van der Waals surface area contributed by atoms with Crippen molar-refractivity contribution in [2.24, 2.45) is 0 Å². The second kappa shape index (κ2) is 8.79. The van der Waals surface area contributed by atoms with Crippen molar-refractivity contribution < 1.29 is 9.36 Å². The highest BCUT2D eigenvalue weighted by molar-refractivity contribution is 7.34. The molecule has 0 aliphatic rings.